The van der Waals surface area contributed by atoms with E-state index < -0.39 is 10.8 Å². The van der Waals surface area contributed by atoms with Crippen LogP contribution in [-0.2, 0) is 10.8 Å². The van der Waals surface area contributed by atoms with E-state index in [2.05, 4.69) is 0 Å². The summed E-state index contributed by atoms with van der Waals surface area (Å²) in [5, 5.41) is 0. The lowest BCUT2D eigenvalue weighted by molar-refractivity contribution is 0.688. The van der Waals surface area contributed by atoms with E-state index in [-0.39, 0.29) is 0 Å². The summed E-state index contributed by atoms with van der Waals surface area (Å²) in [5.74, 6) is 0. The molecule has 0 aromatic heterocycles. The third kappa shape index (κ3) is 3.31. The Morgan fingerprint density at radius 1 is 1.06 bits per heavy atom. The summed E-state index contributed by atoms with van der Waals surface area (Å²) in [6.07, 6.45) is 1.73. The van der Waals surface area contributed by atoms with Crippen LogP contribution in [0.15, 0.2) is 63.9 Å². The summed E-state index contributed by atoms with van der Waals surface area (Å²) >= 11 is 6.10. The highest BCUT2D eigenvalue weighted by atomic mass is 35.5. The van der Waals surface area contributed by atoms with E-state index in [9.17, 15) is 4.21 Å². The summed E-state index contributed by atoms with van der Waals surface area (Å²) in [6.45, 7) is 1.99. The first-order chi connectivity index (χ1) is 8.66. The Labute approximate surface area is 115 Å². The molecule has 0 aliphatic heterocycles. The quantitative estimate of drug-likeness (QED) is 0.815. The highest BCUT2D eigenvalue weighted by Crippen LogP contribution is 2.20. The first-order valence-corrected chi connectivity index (χ1v) is 7.10. The Morgan fingerprint density at radius 3 is 2.28 bits per heavy atom. The van der Waals surface area contributed by atoms with Crippen molar-refractivity contribution >= 4 is 28.5 Å². The maximum absolute atomic E-state index is 12.2. The van der Waals surface area contributed by atoms with Gasteiger partial charge in [-0.25, -0.2) is 4.21 Å². The minimum atomic E-state index is -1.31. The summed E-state index contributed by atoms with van der Waals surface area (Å²) in [5.41, 5.74) is 2.09. The highest BCUT2D eigenvalue weighted by Gasteiger charge is 2.07. The second-order valence-electron chi connectivity index (χ2n) is 3.94. The van der Waals surface area contributed by atoms with E-state index in [4.69, 9.17) is 11.6 Å². The maximum Gasteiger partial charge on any atom is 0.110 e. The third-order valence-electron chi connectivity index (χ3n) is 2.49. The molecule has 0 amide bonds. The second kappa shape index (κ2) is 5.98. The average Bonchev–Trinajstić information content (AvgIpc) is 2.40. The molecule has 2 aromatic carbocycles. The molecule has 0 radical (unpaired) electrons. The normalized spacial score (nSPS) is 13.3. The van der Waals surface area contributed by atoms with Crippen LogP contribution < -0.4 is 0 Å². The SMILES string of the molecule is Cc1ccc(S(=O)/C(Cl)=C/c2ccccc2)cc1. The van der Waals surface area contributed by atoms with Crippen LogP contribution in [0.4, 0.5) is 0 Å². The van der Waals surface area contributed by atoms with Crippen LogP contribution in [-0.4, -0.2) is 4.21 Å². The van der Waals surface area contributed by atoms with Crippen molar-refractivity contribution in [3.8, 4) is 0 Å². The van der Waals surface area contributed by atoms with Crippen LogP contribution in [0.2, 0.25) is 0 Å². The fourth-order valence-corrected chi connectivity index (χ4v) is 2.75. The maximum atomic E-state index is 12.2. The molecule has 18 heavy (non-hydrogen) atoms. The lowest BCUT2D eigenvalue weighted by atomic mass is 10.2. The standard InChI is InChI=1S/C15H13ClOS/c1-12-7-9-14(10-8-12)18(17)15(16)11-13-5-3-2-4-6-13/h2-11H,1H3/b15-11+. The molecule has 3 heteroatoms. The summed E-state index contributed by atoms with van der Waals surface area (Å²) in [4.78, 5) is 0.720. The van der Waals surface area contributed by atoms with Gasteiger partial charge in [0.1, 0.15) is 4.36 Å². The Morgan fingerprint density at radius 2 is 1.67 bits per heavy atom. The fourth-order valence-electron chi connectivity index (χ4n) is 1.51. The molecule has 1 unspecified atom stereocenters. The van der Waals surface area contributed by atoms with E-state index >= 15 is 0 Å². The van der Waals surface area contributed by atoms with Gasteiger partial charge in [0.05, 0.1) is 10.8 Å². The Bertz CT molecular complexity index is 573. The first-order valence-electron chi connectivity index (χ1n) is 5.57. The number of halogens is 1. The van der Waals surface area contributed by atoms with Crippen LogP contribution in [0.25, 0.3) is 6.08 Å². The molecular weight excluding hydrogens is 264 g/mol. The molecule has 0 saturated carbocycles. The van der Waals surface area contributed by atoms with Crippen molar-refractivity contribution < 1.29 is 4.21 Å². The van der Waals surface area contributed by atoms with Gasteiger partial charge < -0.3 is 0 Å². The largest absolute Gasteiger partial charge is 0.248 e. The predicted molar refractivity (Wildman–Crippen MR) is 77.9 cm³/mol. The van der Waals surface area contributed by atoms with Crippen LogP contribution in [0.5, 0.6) is 0 Å². The first kappa shape index (κ1) is 13.1. The monoisotopic (exact) mass is 276 g/mol. The molecule has 0 heterocycles. The minimum absolute atomic E-state index is 0.338. The molecule has 0 fully saturated rings. The molecule has 1 nitrogen and oxygen atoms in total. The van der Waals surface area contributed by atoms with E-state index in [0.29, 0.717) is 4.36 Å². The molecule has 0 bridgehead atoms. The number of benzene rings is 2. The molecule has 0 spiro atoms. The summed E-state index contributed by atoms with van der Waals surface area (Å²) in [6, 6.07) is 17.2. The molecule has 0 saturated heterocycles. The van der Waals surface area contributed by atoms with E-state index in [1.165, 1.54) is 0 Å². The van der Waals surface area contributed by atoms with Crippen molar-refractivity contribution in [2.45, 2.75) is 11.8 Å². The molecule has 1 atom stereocenters. The van der Waals surface area contributed by atoms with E-state index in [1.54, 1.807) is 6.08 Å². The second-order valence-corrected chi connectivity index (χ2v) is 6.02. The van der Waals surface area contributed by atoms with Crippen LogP contribution in [0.1, 0.15) is 11.1 Å². The number of aryl methyl sites for hydroxylation is 1. The molecule has 2 aromatic rings. The topological polar surface area (TPSA) is 17.1 Å². The number of hydrogen-bond donors (Lipinski definition) is 0. The molecule has 0 aliphatic carbocycles. The van der Waals surface area contributed by atoms with Gasteiger partial charge in [0.15, 0.2) is 0 Å². The Balaban J connectivity index is 2.24. The van der Waals surface area contributed by atoms with Crippen molar-refractivity contribution in [2.75, 3.05) is 0 Å². The van der Waals surface area contributed by atoms with Gasteiger partial charge in [-0.3, -0.25) is 0 Å². The van der Waals surface area contributed by atoms with Gasteiger partial charge in [0.25, 0.3) is 0 Å². The average molecular weight is 277 g/mol. The van der Waals surface area contributed by atoms with Crippen molar-refractivity contribution in [1.82, 2.24) is 0 Å². The van der Waals surface area contributed by atoms with E-state index in [1.807, 2.05) is 61.5 Å². The molecule has 2 rings (SSSR count). The zero-order valence-electron chi connectivity index (χ0n) is 9.97. The van der Waals surface area contributed by atoms with Gasteiger partial charge in [-0.05, 0) is 30.7 Å². The van der Waals surface area contributed by atoms with Crippen LogP contribution >= 0.6 is 11.6 Å². The highest BCUT2D eigenvalue weighted by molar-refractivity contribution is 7.91. The van der Waals surface area contributed by atoms with Crippen molar-refractivity contribution in [1.29, 1.82) is 0 Å². The Kier molecular flexibility index (Phi) is 4.34. The van der Waals surface area contributed by atoms with Crippen molar-refractivity contribution in [2.24, 2.45) is 0 Å². The van der Waals surface area contributed by atoms with Gasteiger partial charge >= 0.3 is 0 Å². The smallest absolute Gasteiger partial charge is 0.110 e. The summed E-state index contributed by atoms with van der Waals surface area (Å²) in [7, 11) is -1.31. The predicted octanol–water partition coefficient (Wildman–Crippen LogP) is 4.34. The lowest BCUT2D eigenvalue weighted by Crippen LogP contribution is -1.91. The van der Waals surface area contributed by atoms with Gasteiger partial charge in [0.2, 0.25) is 0 Å². The fraction of sp³-hybridized carbons (Fsp3) is 0.0667. The van der Waals surface area contributed by atoms with Crippen molar-refractivity contribution in [3.05, 3.63) is 70.1 Å². The summed E-state index contributed by atoms with van der Waals surface area (Å²) < 4.78 is 12.5. The molecular formula is C15H13ClOS. The third-order valence-corrected chi connectivity index (χ3v) is 4.19. The molecule has 0 N–H and O–H groups in total. The zero-order chi connectivity index (χ0) is 13.0. The van der Waals surface area contributed by atoms with Crippen LogP contribution in [0, 0.1) is 6.92 Å². The van der Waals surface area contributed by atoms with Gasteiger partial charge in [-0.15, -0.1) is 0 Å². The molecule has 0 aliphatic rings. The minimum Gasteiger partial charge on any atom is -0.248 e. The van der Waals surface area contributed by atoms with Crippen LogP contribution in [0.3, 0.4) is 0 Å². The van der Waals surface area contributed by atoms with E-state index in [0.717, 1.165) is 16.0 Å². The van der Waals surface area contributed by atoms with Gasteiger partial charge in [-0.2, -0.15) is 0 Å². The lowest BCUT2D eigenvalue weighted by Gasteiger charge is -2.01. The number of rotatable bonds is 3. The van der Waals surface area contributed by atoms with Gasteiger partial charge in [-0.1, -0.05) is 59.6 Å². The zero-order valence-corrected chi connectivity index (χ0v) is 11.5. The molecule has 92 valence electrons. The van der Waals surface area contributed by atoms with Gasteiger partial charge in [0, 0.05) is 4.90 Å². The van der Waals surface area contributed by atoms with Crippen molar-refractivity contribution in [3.63, 3.8) is 0 Å². The number of hydrogen-bond acceptors (Lipinski definition) is 1. The Hall–Kier alpha value is -1.38.